The second-order valence-electron chi connectivity index (χ2n) is 7.47. The third-order valence-electron chi connectivity index (χ3n) is 5.46. The van der Waals surface area contributed by atoms with Crippen molar-refractivity contribution >= 4 is 22.6 Å². The number of hydrogen-bond acceptors (Lipinski definition) is 4. The number of fused-ring (bicyclic) bond motifs is 1. The van der Waals surface area contributed by atoms with Crippen LogP contribution in [0.15, 0.2) is 64.2 Å². The smallest absolute Gasteiger partial charge is 0.289 e. The molecule has 0 spiro atoms. The zero-order valence-electron chi connectivity index (χ0n) is 18.0. The molecule has 162 valence electrons. The summed E-state index contributed by atoms with van der Waals surface area (Å²) >= 11 is 0. The molecule has 0 atom stereocenters. The Labute approximate surface area is 182 Å². The highest BCUT2D eigenvalue weighted by Gasteiger charge is 2.25. The summed E-state index contributed by atoms with van der Waals surface area (Å²) < 4.78 is 10.5. The Morgan fingerprint density at radius 3 is 2.52 bits per heavy atom. The number of nitrogens with one attached hydrogen (secondary N) is 1. The van der Waals surface area contributed by atoms with E-state index in [0.29, 0.717) is 25.4 Å². The van der Waals surface area contributed by atoms with Crippen LogP contribution in [0, 0.1) is 0 Å². The summed E-state index contributed by atoms with van der Waals surface area (Å²) in [6.45, 7) is 6.20. The topological polar surface area (TPSA) is 70.3 Å². The summed E-state index contributed by atoms with van der Waals surface area (Å²) in [5, 5.41) is 5.70. The number of aliphatic imine (C=N–C) groups is 1. The largest absolute Gasteiger partial charge is 0.497 e. The van der Waals surface area contributed by atoms with Gasteiger partial charge in [-0.15, -0.1) is 0 Å². The molecule has 1 aliphatic heterocycles. The Morgan fingerprint density at radius 2 is 1.81 bits per heavy atom. The molecule has 1 aliphatic rings. The van der Waals surface area contributed by atoms with Crippen molar-refractivity contribution in [3.05, 3.63) is 66.1 Å². The van der Waals surface area contributed by atoms with E-state index in [1.165, 1.54) is 11.6 Å². The van der Waals surface area contributed by atoms with Gasteiger partial charge in [-0.2, -0.15) is 0 Å². The second kappa shape index (κ2) is 9.55. The van der Waals surface area contributed by atoms with Gasteiger partial charge in [-0.1, -0.05) is 18.2 Å². The number of ether oxygens (including phenoxy) is 1. The Kier molecular flexibility index (Phi) is 6.40. The van der Waals surface area contributed by atoms with Gasteiger partial charge in [0.1, 0.15) is 5.75 Å². The summed E-state index contributed by atoms with van der Waals surface area (Å²) in [7, 11) is 1.68. The molecule has 2 aromatic carbocycles. The lowest BCUT2D eigenvalue weighted by molar-refractivity contribution is 0.0657. The Bertz CT molecular complexity index is 1050. The number of nitrogens with zero attached hydrogens (tertiary/aromatic N) is 3. The summed E-state index contributed by atoms with van der Waals surface area (Å²) in [6, 6.07) is 15.9. The van der Waals surface area contributed by atoms with Gasteiger partial charge < -0.3 is 24.3 Å². The number of guanidine groups is 1. The number of furan rings is 1. The minimum atomic E-state index is -0.0561. The quantitative estimate of drug-likeness (QED) is 0.506. The fourth-order valence-corrected chi connectivity index (χ4v) is 3.77. The van der Waals surface area contributed by atoms with Gasteiger partial charge in [0, 0.05) is 32.7 Å². The number of benzene rings is 2. The van der Waals surface area contributed by atoms with E-state index in [4.69, 9.17) is 14.1 Å². The Morgan fingerprint density at radius 1 is 1.06 bits per heavy atom. The standard InChI is InChI=1S/C24H28N4O3/c1-3-25-24(28-12-10-27(11-13-28)23(29)22-5-4-14-31-22)26-17-18-6-7-20-16-21(30-2)9-8-19(20)15-18/h4-9,14-16H,3,10-13,17H2,1-2H3,(H,25,26). The van der Waals surface area contributed by atoms with Gasteiger partial charge in [0.2, 0.25) is 0 Å². The number of methoxy groups -OCH3 is 1. The molecule has 0 unspecified atom stereocenters. The van der Waals surface area contributed by atoms with E-state index in [2.05, 4.69) is 41.4 Å². The molecular weight excluding hydrogens is 392 g/mol. The van der Waals surface area contributed by atoms with Gasteiger partial charge in [0.05, 0.1) is 19.9 Å². The van der Waals surface area contributed by atoms with Crippen LogP contribution >= 0.6 is 0 Å². The molecule has 1 amide bonds. The predicted molar refractivity (Wildman–Crippen MR) is 122 cm³/mol. The lowest BCUT2D eigenvalue weighted by atomic mass is 10.1. The van der Waals surface area contributed by atoms with Gasteiger partial charge in [-0.25, -0.2) is 4.99 Å². The molecule has 1 fully saturated rings. The highest BCUT2D eigenvalue weighted by molar-refractivity contribution is 5.91. The van der Waals surface area contributed by atoms with Crippen LogP contribution in [0.1, 0.15) is 23.0 Å². The van der Waals surface area contributed by atoms with Crippen LogP contribution in [0.3, 0.4) is 0 Å². The zero-order valence-corrected chi connectivity index (χ0v) is 18.0. The Hall–Kier alpha value is -3.48. The summed E-state index contributed by atoms with van der Waals surface area (Å²) in [5.74, 6) is 2.07. The molecule has 0 saturated carbocycles. The van der Waals surface area contributed by atoms with E-state index >= 15 is 0 Å². The molecule has 1 aromatic heterocycles. The van der Waals surface area contributed by atoms with E-state index in [0.717, 1.165) is 42.3 Å². The van der Waals surface area contributed by atoms with Gasteiger partial charge in [0.25, 0.3) is 5.91 Å². The number of carbonyl (C=O) groups is 1. The van der Waals surface area contributed by atoms with Crippen molar-refractivity contribution in [2.24, 2.45) is 4.99 Å². The maximum Gasteiger partial charge on any atom is 0.289 e. The van der Waals surface area contributed by atoms with Gasteiger partial charge in [-0.3, -0.25) is 4.79 Å². The molecule has 1 saturated heterocycles. The molecule has 4 rings (SSSR count). The summed E-state index contributed by atoms with van der Waals surface area (Å²) in [5.41, 5.74) is 1.15. The molecule has 1 N–H and O–H groups in total. The lowest BCUT2D eigenvalue weighted by Gasteiger charge is -2.36. The lowest BCUT2D eigenvalue weighted by Crippen LogP contribution is -2.53. The van der Waals surface area contributed by atoms with Crippen LogP contribution in [0.2, 0.25) is 0 Å². The first-order chi connectivity index (χ1) is 15.2. The minimum Gasteiger partial charge on any atom is -0.497 e. The van der Waals surface area contributed by atoms with Crippen LogP contribution < -0.4 is 10.1 Å². The molecule has 3 aromatic rings. The fourth-order valence-electron chi connectivity index (χ4n) is 3.77. The van der Waals surface area contributed by atoms with Gasteiger partial charge in [0.15, 0.2) is 11.7 Å². The van der Waals surface area contributed by atoms with Crippen molar-refractivity contribution in [1.29, 1.82) is 0 Å². The zero-order chi connectivity index (χ0) is 21.6. The number of rotatable bonds is 5. The number of piperazine rings is 1. The van der Waals surface area contributed by atoms with Crippen LogP contribution in [0.4, 0.5) is 0 Å². The van der Waals surface area contributed by atoms with Crippen LogP contribution in [0.5, 0.6) is 5.75 Å². The maximum absolute atomic E-state index is 12.5. The van der Waals surface area contributed by atoms with Crippen molar-refractivity contribution in [1.82, 2.24) is 15.1 Å². The summed E-state index contributed by atoms with van der Waals surface area (Å²) in [6.07, 6.45) is 1.53. The van der Waals surface area contributed by atoms with E-state index in [9.17, 15) is 4.79 Å². The van der Waals surface area contributed by atoms with Gasteiger partial charge >= 0.3 is 0 Å². The number of hydrogen-bond donors (Lipinski definition) is 1. The third-order valence-corrected chi connectivity index (χ3v) is 5.46. The van der Waals surface area contributed by atoms with E-state index in [-0.39, 0.29) is 5.91 Å². The van der Waals surface area contributed by atoms with E-state index in [1.54, 1.807) is 19.2 Å². The number of carbonyl (C=O) groups excluding carboxylic acids is 1. The van der Waals surface area contributed by atoms with Crippen molar-refractivity contribution in [2.75, 3.05) is 39.8 Å². The molecule has 31 heavy (non-hydrogen) atoms. The predicted octanol–water partition coefficient (Wildman–Crippen LogP) is 3.36. The monoisotopic (exact) mass is 420 g/mol. The molecule has 0 bridgehead atoms. The van der Waals surface area contributed by atoms with Crippen molar-refractivity contribution in [3.8, 4) is 5.75 Å². The van der Waals surface area contributed by atoms with E-state index in [1.807, 2.05) is 17.0 Å². The Balaban J connectivity index is 1.41. The first-order valence-electron chi connectivity index (χ1n) is 10.6. The van der Waals surface area contributed by atoms with E-state index < -0.39 is 0 Å². The van der Waals surface area contributed by atoms with Crippen molar-refractivity contribution in [3.63, 3.8) is 0 Å². The molecule has 7 heteroatoms. The first kappa shape index (κ1) is 20.8. The minimum absolute atomic E-state index is 0.0561. The first-order valence-corrected chi connectivity index (χ1v) is 10.6. The molecule has 2 heterocycles. The van der Waals surface area contributed by atoms with Crippen LogP contribution in [-0.4, -0.2) is 61.5 Å². The molecular formula is C24H28N4O3. The average molecular weight is 421 g/mol. The normalized spacial score (nSPS) is 14.7. The molecule has 0 aliphatic carbocycles. The van der Waals surface area contributed by atoms with Crippen LogP contribution in [-0.2, 0) is 6.54 Å². The average Bonchev–Trinajstić information content (AvgIpc) is 3.36. The molecule has 7 nitrogen and oxygen atoms in total. The SMILES string of the molecule is CCNC(=NCc1ccc2cc(OC)ccc2c1)N1CCN(C(=O)c2ccco2)CC1. The number of amides is 1. The highest BCUT2D eigenvalue weighted by atomic mass is 16.5. The van der Waals surface area contributed by atoms with Crippen LogP contribution in [0.25, 0.3) is 10.8 Å². The van der Waals surface area contributed by atoms with Crippen molar-refractivity contribution < 1.29 is 13.9 Å². The summed E-state index contributed by atoms with van der Waals surface area (Å²) in [4.78, 5) is 21.4. The highest BCUT2D eigenvalue weighted by Crippen LogP contribution is 2.22. The second-order valence-corrected chi connectivity index (χ2v) is 7.47. The third kappa shape index (κ3) is 4.82. The van der Waals surface area contributed by atoms with Crippen molar-refractivity contribution in [2.45, 2.75) is 13.5 Å². The maximum atomic E-state index is 12.5. The van der Waals surface area contributed by atoms with Gasteiger partial charge in [-0.05, 0) is 53.6 Å². The fraction of sp³-hybridized carbons (Fsp3) is 0.333. The molecule has 0 radical (unpaired) electrons.